The SMILES string of the molecule is CC1CC=CC(Nc2cccc3sc4ccc(-c5cccc6c5-c5ccccc5C6)cc4c23)=C1c1ccccc1. The Hall–Kier alpha value is -4.40. The molecule has 2 aliphatic carbocycles. The Morgan fingerprint density at radius 2 is 1.50 bits per heavy atom. The first kappa shape index (κ1) is 23.5. The van der Waals surface area contributed by atoms with Crippen molar-refractivity contribution in [1.82, 2.24) is 0 Å². The first-order valence-corrected chi connectivity index (χ1v) is 15.0. The summed E-state index contributed by atoms with van der Waals surface area (Å²) in [6.07, 6.45) is 6.65. The van der Waals surface area contributed by atoms with Crippen molar-refractivity contribution >= 4 is 42.8 Å². The summed E-state index contributed by atoms with van der Waals surface area (Å²) in [6, 6.07) is 40.2. The third kappa shape index (κ3) is 3.75. The smallest absolute Gasteiger partial charge is 0.0478 e. The van der Waals surface area contributed by atoms with E-state index in [0.717, 1.165) is 12.8 Å². The highest BCUT2D eigenvalue weighted by Crippen LogP contribution is 2.46. The van der Waals surface area contributed by atoms with Crippen molar-refractivity contribution in [1.29, 1.82) is 0 Å². The lowest BCUT2D eigenvalue weighted by Crippen LogP contribution is -2.10. The molecular weight excluding hydrogens is 502 g/mol. The number of thiophene rings is 1. The maximum Gasteiger partial charge on any atom is 0.0478 e. The van der Waals surface area contributed by atoms with E-state index in [1.165, 1.54) is 76.1 Å². The van der Waals surface area contributed by atoms with E-state index in [9.17, 15) is 0 Å². The third-order valence-electron chi connectivity index (χ3n) is 8.54. The molecule has 1 aromatic heterocycles. The molecule has 0 radical (unpaired) electrons. The zero-order valence-corrected chi connectivity index (χ0v) is 23.3. The number of benzene rings is 5. The Balaban J connectivity index is 1.29. The molecule has 2 aliphatic rings. The van der Waals surface area contributed by atoms with Crippen LogP contribution in [0.1, 0.15) is 30.0 Å². The molecule has 1 unspecified atom stereocenters. The van der Waals surface area contributed by atoms with E-state index >= 15 is 0 Å². The van der Waals surface area contributed by atoms with E-state index in [-0.39, 0.29) is 0 Å². The molecule has 192 valence electrons. The van der Waals surface area contributed by atoms with Gasteiger partial charge in [-0.2, -0.15) is 0 Å². The summed E-state index contributed by atoms with van der Waals surface area (Å²) < 4.78 is 2.64. The Morgan fingerprint density at radius 1 is 0.700 bits per heavy atom. The second-order valence-corrected chi connectivity index (χ2v) is 12.1. The third-order valence-corrected chi connectivity index (χ3v) is 9.67. The van der Waals surface area contributed by atoms with Gasteiger partial charge in [-0.05, 0) is 93.6 Å². The molecule has 0 saturated heterocycles. The van der Waals surface area contributed by atoms with Crippen LogP contribution in [0.15, 0.2) is 127 Å². The normalized spacial score (nSPS) is 16.0. The Bertz CT molecular complexity index is 1990. The number of fused-ring (bicyclic) bond motifs is 6. The van der Waals surface area contributed by atoms with Gasteiger partial charge in [-0.3, -0.25) is 0 Å². The Labute approximate surface area is 239 Å². The average molecular weight is 532 g/mol. The number of hydrogen-bond acceptors (Lipinski definition) is 2. The topological polar surface area (TPSA) is 12.0 Å². The molecule has 1 N–H and O–H groups in total. The fraction of sp³-hybridized carbons (Fsp3) is 0.105. The number of allylic oxidation sites excluding steroid dienone is 3. The van der Waals surface area contributed by atoms with Crippen LogP contribution in [0.5, 0.6) is 0 Å². The highest BCUT2D eigenvalue weighted by molar-refractivity contribution is 7.26. The monoisotopic (exact) mass is 531 g/mol. The highest BCUT2D eigenvalue weighted by Gasteiger charge is 2.23. The lowest BCUT2D eigenvalue weighted by Gasteiger charge is -2.24. The number of hydrogen-bond donors (Lipinski definition) is 1. The summed E-state index contributed by atoms with van der Waals surface area (Å²) in [4.78, 5) is 0. The van der Waals surface area contributed by atoms with Gasteiger partial charge in [0, 0.05) is 31.6 Å². The molecule has 0 bridgehead atoms. The molecule has 0 aliphatic heterocycles. The fourth-order valence-corrected chi connectivity index (χ4v) is 7.82. The highest BCUT2D eigenvalue weighted by atomic mass is 32.1. The zero-order valence-electron chi connectivity index (χ0n) is 22.4. The predicted molar refractivity (Wildman–Crippen MR) is 173 cm³/mol. The van der Waals surface area contributed by atoms with E-state index in [4.69, 9.17) is 0 Å². The molecule has 0 fully saturated rings. The van der Waals surface area contributed by atoms with Crippen molar-refractivity contribution in [2.45, 2.75) is 19.8 Å². The van der Waals surface area contributed by atoms with E-state index in [0.29, 0.717) is 5.92 Å². The first-order valence-electron chi connectivity index (χ1n) is 14.1. The largest absolute Gasteiger partial charge is 0.355 e. The molecule has 0 amide bonds. The predicted octanol–water partition coefficient (Wildman–Crippen LogP) is 10.7. The molecule has 40 heavy (non-hydrogen) atoms. The summed E-state index contributed by atoms with van der Waals surface area (Å²) in [5.74, 6) is 0.461. The van der Waals surface area contributed by atoms with Gasteiger partial charge in [0.2, 0.25) is 0 Å². The Morgan fingerprint density at radius 3 is 2.42 bits per heavy atom. The summed E-state index contributed by atoms with van der Waals surface area (Å²) in [6.45, 7) is 2.33. The van der Waals surface area contributed by atoms with Crippen molar-refractivity contribution in [2.75, 3.05) is 5.32 Å². The van der Waals surface area contributed by atoms with Gasteiger partial charge >= 0.3 is 0 Å². The van der Waals surface area contributed by atoms with Crippen molar-refractivity contribution in [3.8, 4) is 22.3 Å². The van der Waals surface area contributed by atoms with Crippen LogP contribution in [-0.2, 0) is 6.42 Å². The van der Waals surface area contributed by atoms with Gasteiger partial charge in [-0.25, -0.2) is 0 Å². The van der Waals surface area contributed by atoms with Crippen LogP contribution in [0, 0.1) is 5.92 Å². The second-order valence-electron chi connectivity index (χ2n) is 11.0. The quantitative estimate of drug-likeness (QED) is 0.238. The van der Waals surface area contributed by atoms with E-state index in [2.05, 4.69) is 134 Å². The van der Waals surface area contributed by atoms with Gasteiger partial charge in [0.1, 0.15) is 0 Å². The molecule has 2 heteroatoms. The van der Waals surface area contributed by atoms with Crippen molar-refractivity contribution in [3.63, 3.8) is 0 Å². The van der Waals surface area contributed by atoms with Gasteiger partial charge in [0.05, 0.1) is 0 Å². The van der Waals surface area contributed by atoms with Crippen molar-refractivity contribution in [2.24, 2.45) is 5.92 Å². The van der Waals surface area contributed by atoms with Crippen LogP contribution in [0.3, 0.4) is 0 Å². The number of anilines is 1. The maximum atomic E-state index is 3.89. The standard InChI is InChI=1S/C38H29NS/c1-24-10-7-17-32(36(24)25-11-3-2-4-12-25)39-33-18-9-19-35-38(33)31-23-27(20-21-34(31)40-35)30-16-8-14-28-22-26-13-5-6-15-29(26)37(28)30/h2-9,11-21,23-24,39H,10,22H2,1H3. The molecule has 0 spiro atoms. The van der Waals surface area contributed by atoms with Gasteiger partial charge in [0.15, 0.2) is 0 Å². The second kappa shape index (κ2) is 9.36. The molecule has 8 rings (SSSR count). The number of nitrogens with one attached hydrogen (secondary N) is 1. The van der Waals surface area contributed by atoms with Gasteiger partial charge < -0.3 is 5.32 Å². The molecule has 0 saturated carbocycles. The van der Waals surface area contributed by atoms with Crippen LogP contribution in [0.2, 0.25) is 0 Å². The van der Waals surface area contributed by atoms with Crippen LogP contribution >= 0.6 is 11.3 Å². The van der Waals surface area contributed by atoms with Gasteiger partial charge in [-0.1, -0.05) is 97.9 Å². The molecule has 1 nitrogen and oxygen atoms in total. The summed E-state index contributed by atoms with van der Waals surface area (Å²) in [7, 11) is 0. The molecule has 1 heterocycles. The maximum absolute atomic E-state index is 3.89. The minimum absolute atomic E-state index is 0.461. The van der Waals surface area contributed by atoms with Crippen LogP contribution < -0.4 is 5.32 Å². The van der Waals surface area contributed by atoms with E-state index < -0.39 is 0 Å². The van der Waals surface area contributed by atoms with Crippen molar-refractivity contribution in [3.05, 3.63) is 144 Å². The minimum Gasteiger partial charge on any atom is -0.355 e. The van der Waals surface area contributed by atoms with Crippen molar-refractivity contribution < 1.29 is 0 Å². The average Bonchev–Trinajstić information content (AvgIpc) is 3.56. The van der Waals surface area contributed by atoms with Gasteiger partial charge in [-0.15, -0.1) is 11.3 Å². The summed E-state index contributed by atoms with van der Waals surface area (Å²) in [5.41, 5.74) is 13.3. The lowest BCUT2D eigenvalue weighted by molar-refractivity contribution is 0.752. The lowest BCUT2D eigenvalue weighted by atomic mass is 9.86. The van der Waals surface area contributed by atoms with Crippen LogP contribution in [-0.4, -0.2) is 0 Å². The van der Waals surface area contributed by atoms with Crippen LogP contribution in [0.25, 0.3) is 48.0 Å². The molecule has 6 aromatic rings. The molecular formula is C38H29NS. The van der Waals surface area contributed by atoms with E-state index in [1.54, 1.807) is 0 Å². The first-order chi connectivity index (χ1) is 19.7. The van der Waals surface area contributed by atoms with Crippen LogP contribution in [0.4, 0.5) is 5.69 Å². The summed E-state index contributed by atoms with van der Waals surface area (Å²) >= 11 is 1.88. The minimum atomic E-state index is 0.461. The number of rotatable bonds is 4. The Kier molecular flexibility index (Phi) is 5.50. The molecule has 5 aromatic carbocycles. The van der Waals surface area contributed by atoms with E-state index in [1.807, 2.05) is 11.3 Å². The molecule has 1 atom stereocenters. The summed E-state index contributed by atoms with van der Waals surface area (Å²) in [5, 5.41) is 6.52. The zero-order chi connectivity index (χ0) is 26.6. The fourth-order valence-electron chi connectivity index (χ4n) is 6.70. The van der Waals surface area contributed by atoms with Gasteiger partial charge in [0.25, 0.3) is 0 Å².